The Balaban J connectivity index is 2.83. The first-order valence-electron chi connectivity index (χ1n) is 6.09. The van der Waals surface area contributed by atoms with Crippen LogP contribution in [0.3, 0.4) is 0 Å². The molecule has 0 bridgehead atoms. The number of rotatable bonds is 1. The topological polar surface area (TPSA) is 9.23 Å². The fourth-order valence-corrected chi connectivity index (χ4v) is 2.13. The molecule has 1 nitrogen and oxygen atoms in total. The third-order valence-corrected chi connectivity index (χ3v) is 4.58. The van der Waals surface area contributed by atoms with E-state index in [1.165, 1.54) is 0 Å². The Bertz CT molecular complexity index is 227. The summed E-state index contributed by atoms with van der Waals surface area (Å²) in [6.45, 7) is 19.5. The average Bonchev–Trinajstić information content (AvgIpc) is 1.74. The summed E-state index contributed by atoms with van der Waals surface area (Å²) in [5.41, 5.74) is 0.899. The molecule has 0 radical (unpaired) electrons. The maximum atomic E-state index is 5.86. The van der Waals surface area contributed by atoms with Gasteiger partial charge in [0.1, 0.15) is 0 Å². The quantitative estimate of drug-likeness (QED) is 0.635. The van der Waals surface area contributed by atoms with Crippen LogP contribution in [0.1, 0.15) is 55.4 Å². The van der Waals surface area contributed by atoms with Crippen LogP contribution in [0.25, 0.3) is 0 Å². The van der Waals surface area contributed by atoms with E-state index in [0.29, 0.717) is 22.9 Å². The van der Waals surface area contributed by atoms with Crippen molar-refractivity contribution in [3.63, 3.8) is 0 Å². The Morgan fingerprint density at radius 1 is 0.867 bits per heavy atom. The van der Waals surface area contributed by atoms with E-state index in [1.54, 1.807) is 0 Å². The summed E-state index contributed by atoms with van der Waals surface area (Å²) in [5, 5.41) is 0. The van der Waals surface area contributed by atoms with Crippen molar-refractivity contribution in [3.8, 4) is 0 Å². The molecule has 0 spiro atoms. The molecule has 0 N–H and O–H groups in total. The minimum atomic E-state index is 0.239. The molecule has 2 atom stereocenters. The monoisotopic (exact) mass is 212 g/mol. The largest absolute Gasteiger partial charge is 0.377 e. The zero-order valence-corrected chi connectivity index (χ0v) is 11.8. The molecule has 0 saturated carbocycles. The summed E-state index contributed by atoms with van der Waals surface area (Å²) in [6.07, 6.45) is 0.414. The zero-order chi connectivity index (χ0) is 12.1. The summed E-state index contributed by atoms with van der Waals surface area (Å²) in [6, 6.07) is 0. The molecule has 2 unspecified atom stereocenters. The van der Waals surface area contributed by atoms with E-state index >= 15 is 0 Å². The van der Waals surface area contributed by atoms with E-state index < -0.39 is 0 Å². The first kappa shape index (κ1) is 13.0. The van der Waals surface area contributed by atoms with Gasteiger partial charge in [-0.25, -0.2) is 0 Å². The van der Waals surface area contributed by atoms with E-state index in [0.717, 1.165) is 6.61 Å². The molecule has 1 saturated heterocycles. The van der Waals surface area contributed by atoms with Gasteiger partial charge in [-0.05, 0) is 16.2 Å². The van der Waals surface area contributed by atoms with Crippen LogP contribution in [0.2, 0.25) is 0 Å². The maximum absolute atomic E-state index is 5.86. The van der Waals surface area contributed by atoms with Crippen LogP contribution in [0.15, 0.2) is 0 Å². The Labute approximate surface area is 95.6 Å². The van der Waals surface area contributed by atoms with Gasteiger partial charge in [0, 0.05) is 5.92 Å². The van der Waals surface area contributed by atoms with Crippen molar-refractivity contribution in [1.82, 2.24) is 0 Å². The molecular formula is C14H28O. The van der Waals surface area contributed by atoms with Crippen molar-refractivity contribution in [2.24, 2.45) is 22.2 Å². The summed E-state index contributed by atoms with van der Waals surface area (Å²) >= 11 is 0. The third-order valence-electron chi connectivity index (χ3n) is 4.58. The lowest BCUT2D eigenvalue weighted by atomic mass is 9.58. The van der Waals surface area contributed by atoms with E-state index in [2.05, 4.69) is 55.4 Å². The van der Waals surface area contributed by atoms with Crippen LogP contribution < -0.4 is 0 Å². The summed E-state index contributed by atoms with van der Waals surface area (Å²) in [5.74, 6) is 0.701. The lowest BCUT2D eigenvalue weighted by molar-refractivity contribution is -0.225. The molecule has 0 aromatic heterocycles. The number of hydrogen-bond donors (Lipinski definition) is 0. The van der Waals surface area contributed by atoms with E-state index in [-0.39, 0.29) is 5.41 Å². The van der Waals surface area contributed by atoms with Crippen LogP contribution in [0.4, 0.5) is 0 Å². The van der Waals surface area contributed by atoms with Gasteiger partial charge in [-0.3, -0.25) is 0 Å². The van der Waals surface area contributed by atoms with Gasteiger partial charge < -0.3 is 4.74 Å². The maximum Gasteiger partial charge on any atom is 0.0686 e. The SMILES string of the molecule is CC(C)(C)C1COC1C(C)(C)C(C)(C)C. The predicted octanol–water partition coefficient (Wildman–Crippen LogP) is 4.12. The molecule has 0 aromatic carbocycles. The minimum absolute atomic E-state index is 0.239. The standard InChI is InChI=1S/C14H28O/c1-12(2,3)10-9-15-11(10)14(7,8)13(4,5)6/h10-11H,9H2,1-8H3. The number of ether oxygens (including phenoxy) is 1. The van der Waals surface area contributed by atoms with Crippen LogP contribution in [0.5, 0.6) is 0 Å². The van der Waals surface area contributed by atoms with E-state index in [9.17, 15) is 0 Å². The second-order valence-corrected chi connectivity index (χ2v) is 7.70. The molecule has 1 aliphatic rings. The Morgan fingerprint density at radius 3 is 1.53 bits per heavy atom. The lowest BCUT2D eigenvalue weighted by Crippen LogP contribution is -2.58. The molecule has 90 valence electrons. The molecule has 1 aliphatic heterocycles. The van der Waals surface area contributed by atoms with Crippen molar-refractivity contribution in [2.45, 2.75) is 61.5 Å². The summed E-state index contributed by atoms with van der Waals surface area (Å²) in [7, 11) is 0. The van der Waals surface area contributed by atoms with Crippen LogP contribution >= 0.6 is 0 Å². The second kappa shape index (κ2) is 3.48. The van der Waals surface area contributed by atoms with Gasteiger partial charge >= 0.3 is 0 Å². The van der Waals surface area contributed by atoms with Gasteiger partial charge in [0.15, 0.2) is 0 Å². The first-order valence-corrected chi connectivity index (χ1v) is 6.09. The summed E-state index contributed by atoms with van der Waals surface area (Å²) < 4.78 is 5.86. The highest BCUT2D eigenvalue weighted by atomic mass is 16.5. The van der Waals surface area contributed by atoms with Crippen molar-refractivity contribution >= 4 is 0 Å². The van der Waals surface area contributed by atoms with E-state index in [1.807, 2.05) is 0 Å². The fraction of sp³-hybridized carbons (Fsp3) is 1.00. The first-order chi connectivity index (χ1) is 6.48. The van der Waals surface area contributed by atoms with E-state index in [4.69, 9.17) is 4.74 Å². The highest BCUT2D eigenvalue weighted by Gasteiger charge is 2.52. The molecule has 15 heavy (non-hydrogen) atoms. The molecule has 1 heterocycles. The third kappa shape index (κ3) is 2.22. The molecule has 0 aromatic rings. The van der Waals surface area contributed by atoms with Gasteiger partial charge in [-0.2, -0.15) is 0 Å². The highest BCUT2D eigenvalue weighted by molar-refractivity contribution is 5.00. The molecule has 0 aliphatic carbocycles. The fourth-order valence-electron chi connectivity index (χ4n) is 2.13. The van der Waals surface area contributed by atoms with Gasteiger partial charge in [0.2, 0.25) is 0 Å². The molecular weight excluding hydrogens is 184 g/mol. The van der Waals surface area contributed by atoms with Gasteiger partial charge in [-0.15, -0.1) is 0 Å². The Kier molecular flexibility index (Phi) is 3.02. The lowest BCUT2D eigenvalue weighted by Gasteiger charge is -2.56. The molecule has 1 fully saturated rings. The Morgan fingerprint density at radius 2 is 1.33 bits per heavy atom. The second-order valence-electron chi connectivity index (χ2n) is 7.70. The average molecular weight is 212 g/mol. The molecule has 0 amide bonds. The van der Waals surface area contributed by atoms with Crippen LogP contribution in [0, 0.1) is 22.2 Å². The normalized spacial score (nSPS) is 28.8. The zero-order valence-electron chi connectivity index (χ0n) is 11.8. The van der Waals surface area contributed by atoms with Gasteiger partial charge in [-0.1, -0.05) is 55.4 Å². The van der Waals surface area contributed by atoms with Gasteiger partial charge in [0.25, 0.3) is 0 Å². The Hall–Kier alpha value is -0.0400. The molecule has 1 rings (SSSR count). The summed E-state index contributed by atoms with van der Waals surface area (Å²) in [4.78, 5) is 0. The molecule has 1 heteroatoms. The predicted molar refractivity (Wildman–Crippen MR) is 65.9 cm³/mol. The number of hydrogen-bond acceptors (Lipinski definition) is 1. The minimum Gasteiger partial charge on any atom is -0.377 e. The van der Waals surface area contributed by atoms with Crippen molar-refractivity contribution in [3.05, 3.63) is 0 Å². The van der Waals surface area contributed by atoms with Crippen LogP contribution in [-0.2, 0) is 4.74 Å². The van der Waals surface area contributed by atoms with Gasteiger partial charge in [0.05, 0.1) is 12.7 Å². The van der Waals surface area contributed by atoms with Crippen molar-refractivity contribution in [1.29, 1.82) is 0 Å². The smallest absolute Gasteiger partial charge is 0.0686 e. The van der Waals surface area contributed by atoms with Crippen molar-refractivity contribution < 1.29 is 4.74 Å². The van der Waals surface area contributed by atoms with Crippen LogP contribution in [-0.4, -0.2) is 12.7 Å². The highest BCUT2D eigenvalue weighted by Crippen LogP contribution is 2.51. The van der Waals surface area contributed by atoms with Crippen molar-refractivity contribution in [2.75, 3.05) is 6.61 Å².